The Hall–Kier alpha value is -2.91. The summed E-state index contributed by atoms with van der Waals surface area (Å²) in [5, 5.41) is 0. The molecule has 2 aliphatic rings. The van der Waals surface area contributed by atoms with Crippen LogP contribution in [0.2, 0.25) is 0 Å². The fourth-order valence-corrected chi connectivity index (χ4v) is 5.26. The molecular weight excluding hydrogens is 380 g/mol. The zero-order valence-electron chi connectivity index (χ0n) is 18.0. The maximum absolute atomic E-state index is 14.2. The summed E-state index contributed by atoms with van der Waals surface area (Å²) in [5.41, 5.74) is 4.86. The number of hydrogen-bond acceptors (Lipinski definition) is 2. The summed E-state index contributed by atoms with van der Waals surface area (Å²) >= 11 is 0. The van der Waals surface area contributed by atoms with Gasteiger partial charge in [-0.3, -0.25) is 4.79 Å². The zero-order chi connectivity index (χ0) is 21.0. The molecule has 1 amide bonds. The first kappa shape index (κ1) is 20.0. The molecule has 1 fully saturated rings. The Morgan fingerprint density at radius 3 is 2.00 bits per heavy atom. The van der Waals surface area contributed by atoms with Gasteiger partial charge in [0.1, 0.15) is 0 Å². The van der Waals surface area contributed by atoms with Crippen molar-refractivity contribution < 1.29 is 4.79 Å². The topological polar surface area (TPSA) is 23.6 Å². The van der Waals surface area contributed by atoms with Crippen molar-refractivity contribution in [1.29, 1.82) is 0 Å². The Labute approximate surface area is 185 Å². The van der Waals surface area contributed by atoms with E-state index in [4.69, 9.17) is 0 Å². The summed E-state index contributed by atoms with van der Waals surface area (Å²) in [6.45, 7) is 3.99. The average Bonchev–Trinajstić information content (AvgIpc) is 3.34. The molecule has 0 bridgehead atoms. The van der Waals surface area contributed by atoms with Gasteiger partial charge in [-0.25, -0.2) is 0 Å². The van der Waals surface area contributed by atoms with Gasteiger partial charge in [0.2, 0.25) is 5.91 Å². The van der Waals surface area contributed by atoms with E-state index in [2.05, 4.69) is 58.3 Å². The molecule has 1 saturated heterocycles. The molecule has 0 saturated carbocycles. The molecule has 0 N–H and O–H groups in total. The van der Waals surface area contributed by atoms with Crippen molar-refractivity contribution in [3.8, 4) is 0 Å². The second-order valence-corrected chi connectivity index (χ2v) is 8.76. The molecule has 0 aromatic heterocycles. The predicted octanol–water partition coefficient (Wildman–Crippen LogP) is 5.04. The van der Waals surface area contributed by atoms with Crippen LogP contribution in [-0.2, 0) is 11.2 Å². The van der Waals surface area contributed by atoms with E-state index in [-0.39, 0.29) is 17.9 Å². The Bertz CT molecular complexity index is 972. The molecule has 3 heteroatoms. The molecule has 2 aliphatic heterocycles. The molecule has 2 heterocycles. The van der Waals surface area contributed by atoms with Gasteiger partial charge in [-0.15, -0.1) is 0 Å². The van der Waals surface area contributed by atoms with Gasteiger partial charge in [0, 0.05) is 13.1 Å². The Kier molecular flexibility index (Phi) is 5.86. The molecule has 5 rings (SSSR count). The van der Waals surface area contributed by atoms with Gasteiger partial charge >= 0.3 is 0 Å². The van der Waals surface area contributed by atoms with Gasteiger partial charge in [0.15, 0.2) is 0 Å². The highest BCUT2D eigenvalue weighted by molar-refractivity contribution is 5.88. The summed E-state index contributed by atoms with van der Waals surface area (Å²) < 4.78 is 0. The van der Waals surface area contributed by atoms with Crippen LogP contribution in [0.5, 0.6) is 0 Å². The van der Waals surface area contributed by atoms with E-state index >= 15 is 0 Å². The molecule has 0 spiro atoms. The lowest BCUT2D eigenvalue weighted by Crippen LogP contribution is -2.46. The lowest BCUT2D eigenvalue weighted by Gasteiger charge is -2.41. The largest absolute Gasteiger partial charge is 0.333 e. The maximum atomic E-state index is 14.2. The third-order valence-corrected chi connectivity index (χ3v) is 6.84. The molecule has 3 aromatic carbocycles. The van der Waals surface area contributed by atoms with Crippen LogP contribution in [0, 0.1) is 0 Å². The number of carbonyl (C=O) groups is 1. The van der Waals surface area contributed by atoms with Crippen molar-refractivity contribution >= 4 is 5.91 Å². The van der Waals surface area contributed by atoms with Gasteiger partial charge in [0.25, 0.3) is 0 Å². The van der Waals surface area contributed by atoms with E-state index in [1.165, 1.54) is 24.0 Å². The zero-order valence-corrected chi connectivity index (χ0v) is 18.0. The summed E-state index contributed by atoms with van der Waals surface area (Å²) in [6.07, 6.45) is 3.45. The van der Waals surface area contributed by atoms with E-state index in [9.17, 15) is 4.79 Å². The Morgan fingerprint density at radius 2 is 1.35 bits per heavy atom. The molecule has 1 atom stereocenters. The second-order valence-electron chi connectivity index (χ2n) is 8.76. The smallest absolute Gasteiger partial charge is 0.235 e. The third kappa shape index (κ3) is 4.15. The van der Waals surface area contributed by atoms with Crippen LogP contribution in [0.4, 0.5) is 0 Å². The van der Waals surface area contributed by atoms with Crippen LogP contribution in [0.15, 0.2) is 84.9 Å². The highest BCUT2D eigenvalue weighted by Gasteiger charge is 2.36. The van der Waals surface area contributed by atoms with Gasteiger partial charge in [0.05, 0.1) is 12.0 Å². The van der Waals surface area contributed by atoms with Crippen molar-refractivity contribution in [2.45, 2.75) is 31.2 Å². The fraction of sp³-hybridized carbons (Fsp3) is 0.321. The van der Waals surface area contributed by atoms with Crippen LogP contribution in [0.3, 0.4) is 0 Å². The van der Waals surface area contributed by atoms with Crippen molar-refractivity contribution in [2.24, 2.45) is 0 Å². The van der Waals surface area contributed by atoms with Gasteiger partial charge in [-0.1, -0.05) is 84.9 Å². The van der Waals surface area contributed by atoms with E-state index in [1.54, 1.807) is 0 Å². The van der Waals surface area contributed by atoms with Gasteiger partial charge < -0.3 is 9.80 Å². The van der Waals surface area contributed by atoms with Crippen LogP contribution < -0.4 is 0 Å². The fourth-order valence-electron chi connectivity index (χ4n) is 5.26. The number of amides is 1. The second kappa shape index (κ2) is 9.07. The highest BCUT2D eigenvalue weighted by Crippen LogP contribution is 2.36. The van der Waals surface area contributed by atoms with Crippen molar-refractivity contribution in [3.05, 3.63) is 107 Å². The maximum Gasteiger partial charge on any atom is 0.235 e. The van der Waals surface area contributed by atoms with Gasteiger partial charge in [-0.05, 0) is 54.6 Å². The minimum Gasteiger partial charge on any atom is -0.333 e. The molecule has 1 unspecified atom stereocenters. The minimum absolute atomic E-state index is 0.116. The first-order valence-corrected chi connectivity index (χ1v) is 11.5. The van der Waals surface area contributed by atoms with Crippen molar-refractivity contribution in [3.63, 3.8) is 0 Å². The van der Waals surface area contributed by atoms with Crippen LogP contribution in [0.1, 0.15) is 47.1 Å². The number of fused-ring (bicyclic) bond motifs is 1. The first-order valence-electron chi connectivity index (χ1n) is 11.5. The van der Waals surface area contributed by atoms with Crippen LogP contribution >= 0.6 is 0 Å². The van der Waals surface area contributed by atoms with Crippen LogP contribution in [0.25, 0.3) is 0 Å². The van der Waals surface area contributed by atoms with E-state index < -0.39 is 0 Å². The lowest BCUT2D eigenvalue weighted by atomic mass is 9.86. The molecule has 3 nitrogen and oxygen atoms in total. The standard InChI is InChI=1S/C28H30N2O/c31-28(27(23-12-3-1-4-13-23)24-14-5-2-6-15-24)30-20-17-22-11-7-8-16-25(22)26(30)21-29-18-9-10-19-29/h1-8,11-16,26-27H,9-10,17-21H2. The summed E-state index contributed by atoms with van der Waals surface area (Å²) in [7, 11) is 0. The first-order chi connectivity index (χ1) is 15.3. The normalized spacial score (nSPS) is 18.9. The number of hydrogen-bond donors (Lipinski definition) is 0. The molecule has 0 aliphatic carbocycles. The highest BCUT2D eigenvalue weighted by atomic mass is 16.2. The van der Waals surface area contributed by atoms with Gasteiger partial charge in [-0.2, -0.15) is 0 Å². The summed E-state index contributed by atoms with van der Waals surface area (Å²) in [6, 6.07) is 29.3. The van der Waals surface area contributed by atoms with Crippen LogP contribution in [-0.4, -0.2) is 41.9 Å². The predicted molar refractivity (Wildman–Crippen MR) is 125 cm³/mol. The number of likely N-dealkylation sites (tertiary alicyclic amines) is 1. The third-order valence-electron chi connectivity index (χ3n) is 6.84. The van der Waals surface area contributed by atoms with Crippen molar-refractivity contribution in [1.82, 2.24) is 9.80 Å². The number of nitrogens with zero attached hydrogens (tertiary/aromatic N) is 2. The van der Waals surface area contributed by atoms with Crippen molar-refractivity contribution in [2.75, 3.05) is 26.2 Å². The average molecular weight is 411 g/mol. The molecule has 3 aromatic rings. The molecule has 31 heavy (non-hydrogen) atoms. The monoisotopic (exact) mass is 410 g/mol. The number of rotatable bonds is 5. The summed E-state index contributed by atoms with van der Waals surface area (Å²) in [4.78, 5) is 18.9. The molecule has 158 valence electrons. The lowest BCUT2D eigenvalue weighted by molar-refractivity contribution is -0.135. The molecule has 0 radical (unpaired) electrons. The quantitative estimate of drug-likeness (QED) is 0.588. The summed E-state index contributed by atoms with van der Waals surface area (Å²) in [5.74, 6) is -0.0511. The Balaban J connectivity index is 1.53. The minimum atomic E-state index is -0.270. The van der Waals surface area contributed by atoms with E-state index in [0.717, 1.165) is 43.7 Å². The van der Waals surface area contributed by atoms with E-state index in [0.29, 0.717) is 0 Å². The Morgan fingerprint density at radius 1 is 0.774 bits per heavy atom. The SMILES string of the molecule is O=C(C(c1ccccc1)c1ccccc1)N1CCc2ccccc2C1CN1CCCC1. The van der Waals surface area contributed by atoms with E-state index in [1.807, 2.05) is 36.4 Å². The molecular formula is C28H30N2O. The number of benzene rings is 3. The number of carbonyl (C=O) groups excluding carboxylic acids is 1.